The van der Waals surface area contributed by atoms with Crippen LogP contribution in [0, 0.1) is 0 Å². The smallest absolute Gasteiger partial charge is 0.411 e. The summed E-state index contributed by atoms with van der Waals surface area (Å²) in [4.78, 5) is 30.8. The number of anilines is 1. The summed E-state index contributed by atoms with van der Waals surface area (Å²) in [6.45, 7) is 0.304. The highest BCUT2D eigenvalue weighted by Gasteiger charge is 2.05. The van der Waals surface area contributed by atoms with Crippen LogP contribution in [-0.4, -0.2) is 35.1 Å². The van der Waals surface area contributed by atoms with E-state index in [1.165, 1.54) is 12.4 Å². The molecule has 7 heteroatoms. The quantitative estimate of drug-likeness (QED) is 0.811. The van der Waals surface area contributed by atoms with Crippen LogP contribution in [0.25, 0.3) is 0 Å². The Morgan fingerprint density at radius 2 is 1.62 bits per heavy atom. The molecule has 2 heterocycles. The maximum absolute atomic E-state index is 11.7. The lowest BCUT2D eigenvalue weighted by molar-refractivity contribution is 0.0938. The summed E-state index contributed by atoms with van der Waals surface area (Å²) < 4.78 is 4.93. The summed E-state index contributed by atoms with van der Waals surface area (Å²) in [5.41, 5.74) is 1.10. The zero-order valence-electron chi connectivity index (χ0n) is 11.2. The molecule has 0 saturated carbocycles. The topological polar surface area (TPSA) is 93.2 Å². The molecule has 108 valence electrons. The zero-order chi connectivity index (χ0) is 14.9. The van der Waals surface area contributed by atoms with Crippen LogP contribution >= 0.6 is 0 Å². The van der Waals surface area contributed by atoms with E-state index in [4.69, 9.17) is 4.74 Å². The number of nitrogens with zero attached hydrogens (tertiary/aromatic N) is 2. The van der Waals surface area contributed by atoms with Crippen LogP contribution in [-0.2, 0) is 4.74 Å². The molecule has 0 spiro atoms. The fraction of sp³-hybridized carbons (Fsp3) is 0.143. The maximum Gasteiger partial charge on any atom is 0.411 e. The molecule has 0 atom stereocenters. The second-order valence-corrected chi connectivity index (χ2v) is 3.99. The first kappa shape index (κ1) is 14.4. The van der Waals surface area contributed by atoms with Gasteiger partial charge in [0.05, 0.1) is 6.54 Å². The van der Waals surface area contributed by atoms with E-state index in [0.29, 0.717) is 11.3 Å². The van der Waals surface area contributed by atoms with Crippen molar-refractivity contribution in [1.82, 2.24) is 15.3 Å². The molecule has 0 saturated heterocycles. The predicted molar refractivity (Wildman–Crippen MR) is 75.8 cm³/mol. The van der Waals surface area contributed by atoms with Gasteiger partial charge in [0, 0.05) is 36.0 Å². The summed E-state index contributed by atoms with van der Waals surface area (Å²) in [6.07, 6.45) is 5.61. The molecule has 2 N–H and O–H groups in total. The number of hydrogen-bond acceptors (Lipinski definition) is 5. The normalized spacial score (nSPS) is 9.71. The summed E-state index contributed by atoms with van der Waals surface area (Å²) in [5, 5.41) is 5.18. The molecule has 2 amide bonds. The SMILES string of the molecule is O=C(Nc1ccncc1)OCCNC(=O)c1ccncc1. The third-order valence-corrected chi connectivity index (χ3v) is 2.49. The first-order valence-electron chi connectivity index (χ1n) is 6.28. The molecule has 2 aromatic rings. The average Bonchev–Trinajstić information content (AvgIpc) is 2.53. The molecule has 0 aliphatic carbocycles. The van der Waals surface area contributed by atoms with Crippen LogP contribution in [0.2, 0.25) is 0 Å². The van der Waals surface area contributed by atoms with Crippen LogP contribution in [0.5, 0.6) is 0 Å². The lowest BCUT2D eigenvalue weighted by Crippen LogP contribution is -2.28. The monoisotopic (exact) mass is 286 g/mol. The number of ether oxygens (including phenoxy) is 1. The lowest BCUT2D eigenvalue weighted by Gasteiger charge is -2.07. The van der Waals surface area contributed by atoms with Gasteiger partial charge in [-0.25, -0.2) is 4.79 Å². The molecule has 0 aliphatic rings. The van der Waals surface area contributed by atoms with E-state index in [0.717, 1.165) is 0 Å². The van der Waals surface area contributed by atoms with E-state index in [2.05, 4.69) is 20.6 Å². The molecule has 0 fully saturated rings. The highest BCUT2D eigenvalue weighted by Crippen LogP contribution is 2.03. The van der Waals surface area contributed by atoms with E-state index in [1.807, 2.05) is 0 Å². The summed E-state index contributed by atoms with van der Waals surface area (Å²) in [7, 11) is 0. The van der Waals surface area contributed by atoms with Crippen molar-refractivity contribution in [1.29, 1.82) is 0 Å². The Hall–Kier alpha value is -2.96. The number of rotatable bonds is 5. The van der Waals surface area contributed by atoms with Gasteiger partial charge in [0.1, 0.15) is 6.61 Å². The third kappa shape index (κ3) is 4.90. The largest absolute Gasteiger partial charge is 0.447 e. The summed E-state index contributed by atoms with van der Waals surface area (Å²) >= 11 is 0. The highest BCUT2D eigenvalue weighted by atomic mass is 16.5. The zero-order valence-corrected chi connectivity index (χ0v) is 11.2. The van der Waals surface area contributed by atoms with E-state index >= 15 is 0 Å². The van der Waals surface area contributed by atoms with Crippen molar-refractivity contribution in [3.63, 3.8) is 0 Å². The number of hydrogen-bond donors (Lipinski definition) is 2. The van der Waals surface area contributed by atoms with Crippen molar-refractivity contribution in [2.75, 3.05) is 18.5 Å². The molecule has 7 nitrogen and oxygen atoms in total. The van der Waals surface area contributed by atoms with Crippen molar-refractivity contribution in [3.8, 4) is 0 Å². The first-order valence-corrected chi connectivity index (χ1v) is 6.28. The minimum Gasteiger partial charge on any atom is -0.447 e. The fourth-order valence-corrected chi connectivity index (χ4v) is 1.50. The number of nitrogens with one attached hydrogen (secondary N) is 2. The van der Waals surface area contributed by atoms with Gasteiger partial charge in [-0.3, -0.25) is 20.1 Å². The Labute approximate surface area is 121 Å². The Morgan fingerprint density at radius 1 is 1.00 bits per heavy atom. The minimum atomic E-state index is -0.584. The van der Waals surface area contributed by atoms with Gasteiger partial charge in [-0.05, 0) is 24.3 Å². The van der Waals surface area contributed by atoms with Gasteiger partial charge < -0.3 is 10.1 Å². The highest BCUT2D eigenvalue weighted by molar-refractivity contribution is 5.94. The minimum absolute atomic E-state index is 0.0771. The molecule has 0 unspecified atom stereocenters. The van der Waals surface area contributed by atoms with Gasteiger partial charge >= 0.3 is 6.09 Å². The molecule has 0 bridgehead atoms. The Morgan fingerprint density at radius 3 is 2.29 bits per heavy atom. The van der Waals surface area contributed by atoms with Gasteiger partial charge in [-0.2, -0.15) is 0 Å². The maximum atomic E-state index is 11.7. The number of carbonyl (C=O) groups is 2. The van der Waals surface area contributed by atoms with Gasteiger partial charge in [-0.15, -0.1) is 0 Å². The number of aromatic nitrogens is 2. The second-order valence-electron chi connectivity index (χ2n) is 3.99. The van der Waals surface area contributed by atoms with Crippen molar-refractivity contribution in [2.24, 2.45) is 0 Å². The van der Waals surface area contributed by atoms with Crippen molar-refractivity contribution in [2.45, 2.75) is 0 Å². The van der Waals surface area contributed by atoms with Gasteiger partial charge in [0.2, 0.25) is 0 Å². The van der Waals surface area contributed by atoms with Gasteiger partial charge in [0.25, 0.3) is 5.91 Å². The number of carbonyl (C=O) groups excluding carboxylic acids is 2. The van der Waals surface area contributed by atoms with E-state index < -0.39 is 6.09 Å². The van der Waals surface area contributed by atoms with E-state index in [-0.39, 0.29) is 19.1 Å². The predicted octanol–water partition coefficient (Wildman–Crippen LogP) is 1.46. The standard InChI is InChI=1S/C14H14N4O3/c19-13(11-1-5-15-6-2-11)17-9-10-21-14(20)18-12-3-7-16-8-4-12/h1-8H,9-10H2,(H,17,19)(H,16,18,20). The Bertz CT molecular complexity index is 590. The molecule has 21 heavy (non-hydrogen) atoms. The molecule has 2 rings (SSSR count). The summed E-state index contributed by atoms with van der Waals surface area (Å²) in [6, 6.07) is 6.50. The molecular formula is C14H14N4O3. The van der Waals surface area contributed by atoms with Gasteiger partial charge in [-0.1, -0.05) is 0 Å². The average molecular weight is 286 g/mol. The fourth-order valence-electron chi connectivity index (χ4n) is 1.50. The number of amides is 2. The molecule has 2 aromatic heterocycles. The first-order chi connectivity index (χ1) is 10.3. The van der Waals surface area contributed by atoms with Crippen LogP contribution in [0.1, 0.15) is 10.4 Å². The van der Waals surface area contributed by atoms with Gasteiger partial charge in [0.15, 0.2) is 0 Å². The molecule has 0 radical (unpaired) electrons. The Balaban J connectivity index is 1.66. The van der Waals surface area contributed by atoms with Crippen molar-refractivity contribution >= 4 is 17.7 Å². The van der Waals surface area contributed by atoms with Crippen LogP contribution in [0.3, 0.4) is 0 Å². The molecular weight excluding hydrogens is 272 g/mol. The van der Waals surface area contributed by atoms with Crippen LogP contribution in [0.15, 0.2) is 49.1 Å². The molecule has 0 aliphatic heterocycles. The number of pyridine rings is 2. The van der Waals surface area contributed by atoms with Crippen molar-refractivity contribution < 1.29 is 14.3 Å². The second kappa shape index (κ2) is 7.59. The van der Waals surface area contributed by atoms with Crippen LogP contribution < -0.4 is 10.6 Å². The molecule has 0 aromatic carbocycles. The third-order valence-electron chi connectivity index (χ3n) is 2.49. The summed E-state index contributed by atoms with van der Waals surface area (Å²) in [5.74, 6) is -0.240. The van der Waals surface area contributed by atoms with E-state index in [1.54, 1.807) is 36.7 Å². The van der Waals surface area contributed by atoms with Crippen LogP contribution in [0.4, 0.5) is 10.5 Å². The van der Waals surface area contributed by atoms with E-state index in [9.17, 15) is 9.59 Å². The Kier molecular flexibility index (Phi) is 5.22. The lowest BCUT2D eigenvalue weighted by atomic mass is 10.2. The van der Waals surface area contributed by atoms with Crippen molar-refractivity contribution in [3.05, 3.63) is 54.6 Å².